The van der Waals surface area contributed by atoms with Crippen LogP contribution in [0.25, 0.3) is 11.4 Å². The normalized spacial score (nSPS) is 14.2. The molecule has 0 saturated carbocycles. The number of benzene rings is 1. The van der Waals surface area contributed by atoms with Gasteiger partial charge in [-0.2, -0.15) is 4.98 Å². The smallest absolute Gasteiger partial charge is 0.316 e. The summed E-state index contributed by atoms with van der Waals surface area (Å²) >= 11 is 0. The molecule has 30 heavy (non-hydrogen) atoms. The quantitative estimate of drug-likeness (QED) is 0.669. The molecule has 8 heteroatoms. The predicted molar refractivity (Wildman–Crippen MR) is 112 cm³/mol. The van der Waals surface area contributed by atoms with E-state index in [1.807, 2.05) is 36.4 Å². The van der Waals surface area contributed by atoms with Crippen molar-refractivity contribution in [1.29, 1.82) is 0 Å². The lowest BCUT2D eigenvalue weighted by molar-refractivity contribution is 0.0907. The van der Waals surface area contributed by atoms with Crippen molar-refractivity contribution in [3.63, 3.8) is 0 Å². The molecule has 8 nitrogen and oxygen atoms in total. The third-order valence-electron chi connectivity index (χ3n) is 5.17. The third-order valence-corrected chi connectivity index (χ3v) is 5.17. The van der Waals surface area contributed by atoms with Gasteiger partial charge < -0.3 is 19.5 Å². The number of rotatable bonds is 6. The molecule has 156 valence electrons. The van der Waals surface area contributed by atoms with Gasteiger partial charge in [0.1, 0.15) is 11.6 Å². The lowest BCUT2D eigenvalue weighted by Crippen LogP contribution is -2.24. The number of aromatic nitrogens is 3. The number of carbonyl (C=O) groups is 1. The molecule has 1 fully saturated rings. The highest BCUT2D eigenvalue weighted by atomic mass is 16.5. The standard InChI is InChI=1S/C22H25N5O3/c1-29-18-8-6-16(7-9-18)15-24-21(28)22-25-20(26-30-22)17-10-11-23-19(14-17)27-12-4-2-3-5-13-27/h6-11,14H,2-5,12-13,15H2,1H3,(H,24,28). The van der Waals surface area contributed by atoms with Crippen LogP contribution in [0, 0.1) is 0 Å². The van der Waals surface area contributed by atoms with E-state index in [0.29, 0.717) is 12.4 Å². The van der Waals surface area contributed by atoms with Gasteiger partial charge in [0.25, 0.3) is 0 Å². The molecule has 1 amide bonds. The van der Waals surface area contributed by atoms with Crippen LogP contribution in [-0.4, -0.2) is 41.2 Å². The number of anilines is 1. The van der Waals surface area contributed by atoms with E-state index < -0.39 is 5.91 Å². The number of hydrogen-bond acceptors (Lipinski definition) is 7. The molecule has 0 radical (unpaired) electrons. The SMILES string of the molecule is COc1ccc(CNC(=O)c2nc(-c3ccnc(N4CCCCCC4)c3)no2)cc1. The molecule has 4 rings (SSSR count). The van der Waals surface area contributed by atoms with Gasteiger partial charge in [-0.05, 0) is 42.7 Å². The fourth-order valence-electron chi connectivity index (χ4n) is 3.46. The lowest BCUT2D eigenvalue weighted by atomic mass is 10.2. The number of nitrogens with zero attached hydrogens (tertiary/aromatic N) is 4. The number of pyridine rings is 1. The minimum Gasteiger partial charge on any atom is -0.497 e. The Morgan fingerprint density at radius 2 is 1.90 bits per heavy atom. The van der Waals surface area contributed by atoms with Crippen LogP contribution in [0.5, 0.6) is 5.75 Å². The monoisotopic (exact) mass is 407 g/mol. The summed E-state index contributed by atoms with van der Waals surface area (Å²) in [6.45, 7) is 2.36. The van der Waals surface area contributed by atoms with Crippen LogP contribution in [0.1, 0.15) is 41.9 Å². The Hall–Kier alpha value is -3.42. The summed E-state index contributed by atoms with van der Waals surface area (Å²) in [4.78, 5) is 23.4. The van der Waals surface area contributed by atoms with Crippen molar-refractivity contribution in [1.82, 2.24) is 20.4 Å². The maximum atomic E-state index is 12.4. The van der Waals surface area contributed by atoms with Crippen molar-refractivity contribution in [2.24, 2.45) is 0 Å². The van der Waals surface area contributed by atoms with E-state index in [0.717, 1.165) is 35.8 Å². The van der Waals surface area contributed by atoms with Gasteiger partial charge in [-0.15, -0.1) is 0 Å². The van der Waals surface area contributed by atoms with Gasteiger partial charge in [0.15, 0.2) is 0 Å². The summed E-state index contributed by atoms with van der Waals surface area (Å²) in [7, 11) is 1.61. The fourth-order valence-corrected chi connectivity index (χ4v) is 3.46. The van der Waals surface area contributed by atoms with Crippen LogP contribution < -0.4 is 15.0 Å². The number of nitrogens with one attached hydrogen (secondary N) is 1. The maximum Gasteiger partial charge on any atom is 0.316 e. The van der Waals surface area contributed by atoms with Gasteiger partial charge in [0, 0.05) is 31.4 Å². The van der Waals surface area contributed by atoms with E-state index in [1.54, 1.807) is 13.3 Å². The zero-order chi connectivity index (χ0) is 20.8. The van der Waals surface area contributed by atoms with E-state index in [2.05, 4.69) is 25.3 Å². The molecule has 1 aliphatic heterocycles. The van der Waals surface area contributed by atoms with Crippen molar-refractivity contribution in [3.05, 3.63) is 54.0 Å². The van der Waals surface area contributed by atoms with Crippen molar-refractivity contribution in [2.45, 2.75) is 32.2 Å². The Balaban J connectivity index is 1.41. The second kappa shape index (κ2) is 9.39. The first-order valence-electron chi connectivity index (χ1n) is 10.2. The zero-order valence-electron chi connectivity index (χ0n) is 17.0. The second-order valence-corrected chi connectivity index (χ2v) is 7.26. The summed E-state index contributed by atoms with van der Waals surface area (Å²) in [5, 5.41) is 6.77. The minimum atomic E-state index is -0.411. The largest absolute Gasteiger partial charge is 0.497 e. The van der Waals surface area contributed by atoms with Crippen molar-refractivity contribution >= 4 is 11.7 Å². The Morgan fingerprint density at radius 1 is 1.13 bits per heavy atom. The van der Waals surface area contributed by atoms with E-state index in [9.17, 15) is 4.79 Å². The van der Waals surface area contributed by atoms with Crippen molar-refractivity contribution in [3.8, 4) is 17.1 Å². The topological polar surface area (TPSA) is 93.4 Å². The van der Waals surface area contributed by atoms with E-state index >= 15 is 0 Å². The molecule has 0 spiro atoms. The van der Waals surface area contributed by atoms with Crippen molar-refractivity contribution in [2.75, 3.05) is 25.1 Å². The van der Waals surface area contributed by atoms with E-state index in [-0.39, 0.29) is 5.89 Å². The van der Waals surface area contributed by atoms with E-state index in [4.69, 9.17) is 9.26 Å². The van der Waals surface area contributed by atoms with Gasteiger partial charge in [-0.1, -0.05) is 30.1 Å². The molecule has 1 aliphatic rings. The molecular weight excluding hydrogens is 382 g/mol. The highest BCUT2D eigenvalue weighted by molar-refractivity contribution is 5.89. The summed E-state index contributed by atoms with van der Waals surface area (Å²) in [6, 6.07) is 11.2. The van der Waals surface area contributed by atoms with Crippen LogP contribution in [0.3, 0.4) is 0 Å². The van der Waals surface area contributed by atoms with Gasteiger partial charge in [0.05, 0.1) is 7.11 Å². The second-order valence-electron chi connectivity index (χ2n) is 7.26. The predicted octanol–water partition coefficient (Wildman–Crippen LogP) is 3.45. The molecule has 3 heterocycles. The number of methoxy groups -OCH3 is 1. The van der Waals surface area contributed by atoms with Crippen LogP contribution in [-0.2, 0) is 6.54 Å². The third kappa shape index (κ3) is 4.76. The fraction of sp³-hybridized carbons (Fsp3) is 0.364. The number of ether oxygens (including phenoxy) is 1. The number of hydrogen-bond donors (Lipinski definition) is 1. The minimum absolute atomic E-state index is 0.0633. The summed E-state index contributed by atoms with van der Waals surface area (Å²) in [5.74, 6) is 1.58. The summed E-state index contributed by atoms with van der Waals surface area (Å²) < 4.78 is 10.3. The molecule has 0 bridgehead atoms. The molecule has 0 atom stereocenters. The first-order chi connectivity index (χ1) is 14.7. The van der Waals surface area contributed by atoms with Crippen LogP contribution in [0.15, 0.2) is 47.1 Å². The first-order valence-corrected chi connectivity index (χ1v) is 10.2. The molecule has 1 aromatic carbocycles. The van der Waals surface area contributed by atoms with Crippen LogP contribution in [0.2, 0.25) is 0 Å². The van der Waals surface area contributed by atoms with Crippen LogP contribution in [0.4, 0.5) is 5.82 Å². The van der Waals surface area contributed by atoms with Gasteiger partial charge in [-0.3, -0.25) is 4.79 Å². The first kappa shape index (κ1) is 19.9. The molecule has 1 N–H and O–H groups in total. The Bertz CT molecular complexity index is 978. The molecular formula is C22H25N5O3. The summed E-state index contributed by atoms with van der Waals surface area (Å²) in [5.41, 5.74) is 1.72. The number of carbonyl (C=O) groups excluding carboxylic acids is 1. The van der Waals surface area contributed by atoms with Gasteiger partial charge in [-0.25, -0.2) is 4.98 Å². The Labute approximate surface area is 175 Å². The highest BCUT2D eigenvalue weighted by Crippen LogP contribution is 2.23. The Kier molecular flexibility index (Phi) is 6.22. The highest BCUT2D eigenvalue weighted by Gasteiger charge is 2.18. The Morgan fingerprint density at radius 3 is 2.63 bits per heavy atom. The molecule has 0 aliphatic carbocycles. The van der Waals surface area contributed by atoms with Gasteiger partial charge >= 0.3 is 11.8 Å². The maximum absolute atomic E-state index is 12.4. The zero-order valence-corrected chi connectivity index (χ0v) is 17.0. The average Bonchev–Trinajstić information content (AvgIpc) is 3.13. The molecule has 3 aromatic rings. The molecule has 2 aromatic heterocycles. The lowest BCUT2D eigenvalue weighted by Gasteiger charge is -2.21. The molecule has 0 unspecified atom stereocenters. The average molecular weight is 407 g/mol. The van der Waals surface area contributed by atoms with E-state index in [1.165, 1.54) is 25.7 Å². The number of amides is 1. The van der Waals surface area contributed by atoms with Crippen LogP contribution >= 0.6 is 0 Å². The van der Waals surface area contributed by atoms with Crippen molar-refractivity contribution < 1.29 is 14.1 Å². The van der Waals surface area contributed by atoms with Gasteiger partial charge in [0.2, 0.25) is 5.82 Å². The molecule has 1 saturated heterocycles. The summed E-state index contributed by atoms with van der Waals surface area (Å²) in [6.07, 6.45) is 6.61.